The zero-order valence-electron chi connectivity index (χ0n) is 16.7. The van der Waals surface area contributed by atoms with Gasteiger partial charge in [0, 0.05) is 31.8 Å². The zero-order chi connectivity index (χ0) is 18.9. The lowest BCUT2D eigenvalue weighted by Crippen LogP contribution is -2.49. The van der Waals surface area contributed by atoms with Gasteiger partial charge in [0.05, 0.1) is 0 Å². The molecule has 1 amide bonds. The Hall–Kier alpha value is -1.64. The lowest BCUT2D eigenvalue weighted by molar-refractivity contribution is -0.137. The van der Waals surface area contributed by atoms with E-state index in [1.807, 2.05) is 6.07 Å². The molecular weight excluding hydrogens is 334 g/mol. The first-order chi connectivity index (χ1) is 13.2. The molecular formula is C24H35NO2. The number of likely N-dealkylation sites (tertiary alicyclic amines) is 1. The Bertz CT molecular complexity index is 596. The molecule has 3 rings (SSSR count). The maximum absolute atomic E-state index is 12.7. The number of ketones is 1. The number of unbranched alkanes of at least 4 members (excludes halogenated alkanes) is 1. The quantitative estimate of drug-likeness (QED) is 0.552. The van der Waals surface area contributed by atoms with Gasteiger partial charge in [-0.25, -0.2) is 0 Å². The molecule has 2 atom stereocenters. The number of amides is 1. The summed E-state index contributed by atoms with van der Waals surface area (Å²) in [7, 11) is 0. The van der Waals surface area contributed by atoms with E-state index in [9.17, 15) is 9.59 Å². The third-order valence-corrected chi connectivity index (χ3v) is 6.42. The number of Topliss-reactive ketones (excluding diaryl/α,β-unsaturated/α-hetero) is 1. The van der Waals surface area contributed by atoms with Crippen LogP contribution in [0.2, 0.25) is 0 Å². The number of aryl methyl sites for hydroxylation is 1. The van der Waals surface area contributed by atoms with Crippen LogP contribution in [0.25, 0.3) is 0 Å². The standard InChI is InChI=1S/C24H35NO2/c26-22(15-6-4-12-20-10-2-1-3-11-20)16-8-18-24(27)25-19-9-14-21-13-5-7-17-23(21)25/h1-3,10-11,21,23H,4-9,12-19H2. The summed E-state index contributed by atoms with van der Waals surface area (Å²) in [4.78, 5) is 26.9. The van der Waals surface area contributed by atoms with Crippen LogP contribution in [-0.2, 0) is 16.0 Å². The summed E-state index contributed by atoms with van der Waals surface area (Å²) in [6.45, 7) is 0.938. The van der Waals surface area contributed by atoms with Crippen LogP contribution in [0, 0.1) is 5.92 Å². The summed E-state index contributed by atoms with van der Waals surface area (Å²) in [5.74, 6) is 1.36. The van der Waals surface area contributed by atoms with Crippen LogP contribution in [0.5, 0.6) is 0 Å². The highest BCUT2D eigenvalue weighted by Gasteiger charge is 2.35. The number of rotatable bonds is 9. The van der Waals surface area contributed by atoms with Gasteiger partial charge in [-0.05, 0) is 62.8 Å². The Morgan fingerprint density at radius 3 is 2.44 bits per heavy atom. The van der Waals surface area contributed by atoms with Crippen LogP contribution >= 0.6 is 0 Å². The van der Waals surface area contributed by atoms with Crippen molar-refractivity contribution >= 4 is 11.7 Å². The van der Waals surface area contributed by atoms with Gasteiger partial charge in [0.2, 0.25) is 5.91 Å². The molecule has 0 spiro atoms. The Morgan fingerprint density at radius 1 is 0.852 bits per heavy atom. The predicted octanol–water partition coefficient (Wildman–Crippen LogP) is 5.32. The summed E-state index contributed by atoms with van der Waals surface area (Å²) >= 11 is 0. The largest absolute Gasteiger partial charge is 0.339 e. The molecule has 3 nitrogen and oxygen atoms in total. The van der Waals surface area contributed by atoms with Crippen molar-refractivity contribution in [3.05, 3.63) is 35.9 Å². The summed E-state index contributed by atoms with van der Waals surface area (Å²) in [5.41, 5.74) is 1.35. The highest BCUT2D eigenvalue weighted by atomic mass is 16.2. The lowest BCUT2D eigenvalue weighted by atomic mass is 9.78. The average molecular weight is 370 g/mol. The minimum Gasteiger partial charge on any atom is -0.339 e. The van der Waals surface area contributed by atoms with Crippen LogP contribution in [0.4, 0.5) is 0 Å². The highest BCUT2D eigenvalue weighted by Crippen LogP contribution is 2.35. The number of fused-ring (bicyclic) bond motifs is 1. The molecule has 0 aromatic heterocycles. The fourth-order valence-electron chi connectivity index (χ4n) is 4.94. The van der Waals surface area contributed by atoms with E-state index in [0.29, 0.717) is 37.0 Å². The van der Waals surface area contributed by atoms with Crippen molar-refractivity contribution in [1.82, 2.24) is 4.90 Å². The van der Waals surface area contributed by atoms with E-state index in [4.69, 9.17) is 0 Å². The molecule has 0 N–H and O–H groups in total. The van der Waals surface area contributed by atoms with Crippen molar-refractivity contribution in [2.75, 3.05) is 6.54 Å². The molecule has 2 fully saturated rings. The smallest absolute Gasteiger partial charge is 0.222 e. The number of carbonyl (C=O) groups is 2. The van der Waals surface area contributed by atoms with Crippen molar-refractivity contribution in [3.63, 3.8) is 0 Å². The minimum absolute atomic E-state index is 0.295. The van der Waals surface area contributed by atoms with Gasteiger partial charge in [-0.2, -0.15) is 0 Å². The van der Waals surface area contributed by atoms with Crippen molar-refractivity contribution < 1.29 is 9.59 Å². The lowest BCUT2D eigenvalue weighted by Gasteiger charge is -2.44. The van der Waals surface area contributed by atoms with Gasteiger partial charge in [-0.15, -0.1) is 0 Å². The topological polar surface area (TPSA) is 37.4 Å². The van der Waals surface area contributed by atoms with E-state index in [0.717, 1.165) is 44.6 Å². The molecule has 3 heteroatoms. The average Bonchev–Trinajstić information content (AvgIpc) is 2.71. The van der Waals surface area contributed by atoms with E-state index in [-0.39, 0.29) is 0 Å². The second-order valence-electron chi connectivity index (χ2n) is 8.43. The van der Waals surface area contributed by atoms with E-state index >= 15 is 0 Å². The van der Waals surface area contributed by atoms with Crippen LogP contribution < -0.4 is 0 Å². The van der Waals surface area contributed by atoms with Crippen molar-refractivity contribution in [3.8, 4) is 0 Å². The number of benzene rings is 1. The minimum atomic E-state index is 0.295. The Kier molecular flexibility index (Phi) is 7.92. The molecule has 0 radical (unpaired) electrons. The second kappa shape index (κ2) is 10.6. The first-order valence-electron chi connectivity index (χ1n) is 11.1. The maximum Gasteiger partial charge on any atom is 0.222 e. The van der Waals surface area contributed by atoms with E-state index < -0.39 is 0 Å². The molecule has 1 aliphatic heterocycles. The van der Waals surface area contributed by atoms with Gasteiger partial charge in [0.25, 0.3) is 0 Å². The summed E-state index contributed by atoms with van der Waals surface area (Å²) < 4.78 is 0. The molecule has 1 aromatic rings. The number of nitrogens with zero attached hydrogens (tertiary/aromatic N) is 1. The van der Waals surface area contributed by atoms with Gasteiger partial charge >= 0.3 is 0 Å². The molecule has 0 bridgehead atoms. The van der Waals surface area contributed by atoms with Crippen molar-refractivity contribution in [1.29, 1.82) is 0 Å². The molecule has 27 heavy (non-hydrogen) atoms. The molecule has 148 valence electrons. The van der Waals surface area contributed by atoms with Gasteiger partial charge < -0.3 is 4.90 Å². The van der Waals surface area contributed by atoms with Gasteiger partial charge in [0.15, 0.2) is 0 Å². The van der Waals surface area contributed by atoms with Crippen LogP contribution in [0.15, 0.2) is 30.3 Å². The highest BCUT2D eigenvalue weighted by molar-refractivity contribution is 5.80. The Balaban J connectivity index is 1.29. The van der Waals surface area contributed by atoms with Gasteiger partial charge in [0.1, 0.15) is 5.78 Å². The third-order valence-electron chi connectivity index (χ3n) is 6.42. The zero-order valence-corrected chi connectivity index (χ0v) is 16.7. The fourth-order valence-corrected chi connectivity index (χ4v) is 4.94. The molecule has 1 aliphatic carbocycles. The van der Waals surface area contributed by atoms with Crippen LogP contribution in [0.3, 0.4) is 0 Å². The van der Waals surface area contributed by atoms with E-state index in [2.05, 4.69) is 29.2 Å². The summed E-state index contributed by atoms with van der Waals surface area (Å²) in [5, 5.41) is 0. The molecule has 1 saturated carbocycles. The summed E-state index contributed by atoms with van der Waals surface area (Å²) in [6, 6.07) is 10.9. The molecule has 2 aliphatic rings. The van der Waals surface area contributed by atoms with Crippen molar-refractivity contribution in [2.45, 2.75) is 89.5 Å². The maximum atomic E-state index is 12.7. The first-order valence-corrected chi connectivity index (χ1v) is 11.1. The molecule has 2 unspecified atom stereocenters. The fraction of sp³-hybridized carbons (Fsp3) is 0.667. The van der Waals surface area contributed by atoms with Crippen molar-refractivity contribution in [2.24, 2.45) is 5.92 Å². The first kappa shape index (κ1) is 20.1. The van der Waals surface area contributed by atoms with Gasteiger partial charge in [-0.1, -0.05) is 43.2 Å². The Labute approximate surface area is 164 Å². The third kappa shape index (κ3) is 6.19. The predicted molar refractivity (Wildman–Crippen MR) is 110 cm³/mol. The normalized spacial score (nSPS) is 22.3. The number of carbonyl (C=O) groups excluding carboxylic acids is 2. The van der Waals surface area contributed by atoms with Gasteiger partial charge in [-0.3, -0.25) is 9.59 Å². The monoisotopic (exact) mass is 369 g/mol. The van der Waals surface area contributed by atoms with Crippen LogP contribution in [-0.4, -0.2) is 29.2 Å². The summed E-state index contributed by atoms with van der Waals surface area (Å²) in [6.07, 6.45) is 13.1. The molecule has 1 aromatic carbocycles. The Morgan fingerprint density at radius 2 is 1.59 bits per heavy atom. The number of piperidine rings is 1. The van der Waals surface area contributed by atoms with E-state index in [1.54, 1.807) is 0 Å². The number of hydrogen-bond donors (Lipinski definition) is 0. The molecule has 1 saturated heterocycles. The molecule has 1 heterocycles. The second-order valence-corrected chi connectivity index (χ2v) is 8.43. The SMILES string of the molecule is O=C(CCCCc1ccccc1)CCCC(=O)N1CCCC2CCCCC21. The number of hydrogen-bond acceptors (Lipinski definition) is 2. The van der Waals surface area contributed by atoms with E-state index in [1.165, 1.54) is 37.7 Å². The van der Waals surface area contributed by atoms with Crippen LogP contribution in [0.1, 0.15) is 82.6 Å².